The molecule has 0 aliphatic carbocycles. The maximum Gasteiger partial charge on any atom is 0.461 e. The molecule has 0 aliphatic heterocycles. The van der Waals surface area contributed by atoms with Crippen LogP contribution in [0.3, 0.4) is 0 Å². The van der Waals surface area contributed by atoms with Crippen LogP contribution in [0.25, 0.3) is 0 Å². The molecule has 0 radical (unpaired) electrons. The van der Waals surface area contributed by atoms with E-state index in [-0.39, 0.29) is 11.9 Å². The van der Waals surface area contributed by atoms with E-state index in [9.17, 15) is 13.2 Å². The standard InChI is InChI=1S/C9H9BrF3NS/c1-5-3-7(4-6(2)8(5)10)14-15-9(11,12)13/h3-4,14H,1-2H3. The lowest BCUT2D eigenvalue weighted by molar-refractivity contribution is -0.0323. The van der Waals surface area contributed by atoms with Gasteiger partial charge in [0.1, 0.15) is 0 Å². The topological polar surface area (TPSA) is 12.0 Å². The van der Waals surface area contributed by atoms with E-state index in [2.05, 4.69) is 20.7 Å². The van der Waals surface area contributed by atoms with Crippen molar-refractivity contribution in [2.24, 2.45) is 0 Å². The zero-order chi connectivity index (χ0) is 11.6. The Labute approximate surface area is 98.7 Å². The van der Waals surface area contributed by atoms with Gasteiger partial charge < -0.3 is 4.72 Å². The first kappa shape index (κ1) is 12.7. The van der Waals surface area contributed by atoms with Crippen LogP contribution < -0.4 is 4.72 Å². The van der Waals surface area contributed by atoms with Gasteiger partial charge in [0, 0.05) is 10.2 Å². The molecular formula is C9H9BrF3NS. The highest BCUT2D eigenvalue weighted by Crippen LogP contribution is 2.33. The van der Waals surface area contributed by atoms with E-state index in [1.807, 2.05) is 13.8 Å². The molecule has 15 heavy (non-hydrogen) atoms. The van der Waals surface area contributed by atoms with Crippen LogP contribution in [0.5, 0.6) is 0 Å². The average Bonchev–Trinajstić information content (AvgIpc) is 2.09. The summed E-state index contributed by atoms with van der Waals surface area (Å²) in [7, 11) is 0. The molecule has 0 spiro atoms. The molecule has 84 valence electrons. The van der Waals surface area contributed by atoms with Gasteiger partial charge in [-0.05, 0) is 37.1 Å². The van der Waals surface area contributed by atoms with Gasteiger partial charge in [-0.25, -0.2) is 0 Å². The van der Waals surface area contributed by atoms with Crippen molar-refractivity contribution in [3.8, 4) is 0 Å². The lowest BCUT2D eigenvalue weighted by atomic mass is 10.1. The predicted molar refractivity (Wildman–Crippen MR) is 60.9 cm³/mol. The molecule has 0 saturated carbocycles. The summed E-state index contributed by atoms with van der Waals surface area (Å²) in [5.74, 6) is 0. The highest BCUT2D eigenvalue weighted by atomic mass is 79.9. The third-order valence-electron chi connectivity index (χ3n) is 1.72. The van der Waals surface area contributed by atoms with Crippen molar-refractivity contribution in [3.05, 3.63) is 27.7 Å². The summed E-state index contributed by atoms with van der Waals surface area (Å²) >= 11 is 3.09. The quantitative estimate of drug-likeness (QED) is 0.798. The monoisotopic (exact) mass is 299 g/mol. The average molecular weight is 300 g/mol. The van der Waals surface area contributed by atoms with Crippen LogP contribution in [0.15, 0.2) is 16.6 Å². The normalized spacial score (nSPS) is 11.6. The number of benzene rings is 1. The Kier molecular flexibility index (Phi) is 3.94. The fourth-order valence-corrected chi connectivity index (χ4v) is 1.70. The van der Waals surface area contributed by atoms with Gasteiger partial charge in [0.25, 0.3) is 0 Å². The largest absolute Gasteiger partial charge is 0.461 e. The molecule has 0 aromatic heterocycles. The van der Waals surface area contributed by atoms with Crippen molar-refractivity contribution in [2.45, 2.75) is 19.4 Å². The summed E-state index contributed by atoms with van der Waals surface area (Å²) < 4.78 is 38.9. The Bertz CT molecular complexity index is 342. The summed E-state index contributed by atoms with van der Waals surface area (Å²) in [5.41, 5.74) is -2.01. The molecule has 6 heteroatoms. The fraction of sp³-hybridized carbons (Fsp3) is 0.333. The van der Waals surface area contributed by atoms with E-state index in [0.29, 0.717) is 5.69 Å². The Morgan fingerprint density at radius 2 is 1.67 bits per heavy atom. The summed E-state index contributed by atoms with van der Waals surface area (Å²) in [6, 6.07) is 3.33. The molecule has 1 rings (SSSR count). The second-order valence-electron chi connectivity index (χ2n) is 3.07. The minimum absolute atomic E-state index is 0.255. The number of rotatable bonds is 2. The van der Waals surface area contributed by atoms with E-state index in [1.165, 1.54) is 0 Å². The van der Waals surface area contributed by atoms with E-state index in [4.69, 9.17) is 0 Å². The van der Waals surface area contributed by atoms with Gasteiger partial charge in [0.2, 0.25) is 0 Å². The highest BCUT2D eigenvalue weighted by molar-refractivity contribution is 9.10. The van der Waals surface area contributed by atoms with E-state index < -0.39 is 5.51 Å². The number of hydrogen-bond donors (Lipinski definition) is 1. The number of nitrogens with one attached hydrogen (secondary N) is 1. The van der Waals surface area contributed by atoms with E-state index in [1.54, 1.807) is 12.1 Å². The first-order valence-corrected chi connectivity index (χ1v) is 5.68. The molecule has 0 heterocycles. The molecule has 0 fully saturated rings. The molecule has 0 amide bonds. The summed E-state index contributed by atoms with van der Waals surface area (Å²) in [6.07, 6.45) is 0. The number of halogens is 4. The molecule has 0 bridgehead atoms. The van der Waals surface area contributed by atoms with Crippen LogP contribution in [0.1, 0.15) is 11.1 Å². The summed E-state index contributed by atoms with van der Waals surface area (Å²) in [5, 5.41) is 0. The molecule has 1 N–H and O–H groups in total. The van der Waals surface area contributed by atoms with E-state index in [0.717, 1.165) is 15.6 Å². The Balaban J connectivity index is 2.80. The summed E-state index contributed by atoms with van der Waals surface area (Å²) in [4.78, 5) is 0. The van der Waals surface area contributed by atoms with Gasteiger partial charge in [-0.3, -0.25) is 0 Å². The number of hydrogen-bond acceptors (Lipinski definition) is 2. The second-order valence-corrected chi connectivity index (χ2v) is 4.74. The van der Waals surface area contributed by atoms with Crippen molar-refractivity contribution in [2.75, 3.05) is 4.72 Å². The van der Waals surface area contributed by atoms with Crippen LogP contribution >= 0.6 is 27.9 Å². The fourth-order valence-electron chi connectivity index (χ4n) is 1.12. The molecule has 0 unspecified atom stereocenters. The van der Waals surface area contributed by atoms with Crippen molar-refractivity contribution in [1.29, 1.82) is 0 Å². The lowest BCUT2D eigenvalue weighted by Gasteiger charge is -2.11. The zero-order valence-electron chi connectivity index (χ0n) is 8.07. The smallest absolute Gasteiger partial charge is 0.323 e. The van der Waals surface area contributed by atoms with Crippen LogP contribution in [-0.4, -0.2) is 5.51 Å². The first-order valence-electron chi connectivity index (χ1n) is 4.07. The van der Waals surface area contributed by atoms with Crippen molar-refractivity contribution in [3.63, 3.8) is 0 Å². The third kappa shape index (κ3) is 3.95. The molecule has 1 aromatic rings. The van der Waals surface area contributed by atoms with Crippen molar-refractivity contribution >= 4 is 33.6 Å². The predicted octanol–water partition coefficient (Wildman–Crippen LogP) is 4.65. The Morgan fingerprint density at radius 3 is 2.07 bits per heavy atom. The summed E-state index contributed by atoms with van der Waals surface area (Å²) in [6.45, 7) is 3.67. The van der Waals surface area contributed by atoms with Crippen LogP contribution in [0, 0.1) is 13.8 Å². The molecule has 0 atom stereocenters. The number of aryl methyl sites for hydroxylation is 2. The van der Waals surface area contributed by atoms with Crippen LogP contribution in [0.2, 0.25) is 0 Å². The maximum absolute atomic E-state index is 11.9. The maximum atomic E-state index is 11.9. The van der Waals surface area contributed by atoms with Crippen molar-refractivity contribution in [1.82, 2.24) is 0 Å². The molecule has 1 aromatic carbocycles. The molecule has 0 saturated heterocycles. The second kappa shape index (κ2) is 4.65. The van der Waals surface area contributed by atoms with Gasteiger partial charge in [-0.2, -0.15) is 13.2 Å². The van der Waals surface area contributed by atoms with Gasteiger partial charge in [0.05, 0.1) is 11.9 Å². The van der Waals surface area contributed by atoms with Crippen LogP contribution in [-0.2, 0) is 0 Å². The highest BCUT2D eigenvalue weighted by Gasteiger charge is 2.28. The Morgan fingerprint density at radius 1 is 1.20 bits per heavy atom. The third-order valence-corrected chi connectivity index (χ3v) is 3.54. The lowest BCUT2D eigenvalue weighted by Crippen LogP contribution is -2.04. The SMILES string of the molecule is Cc1cc(NSC(F)(F)F)cc(C)c1Br. The van der Waals surface area contributed by atoms with Crippen molar-refractivity contribution < 1.29 is 13.2 Å². The minimum Gasteiger partial charge on any atom is -0.323 e. The van der Waals surface area contributed by atoms with Gasteiger partial charge in [-0.1, -0.05) is 15.9 Å². The number of anilines is 1. The Hall–Kier alpha value is -0.360. The zero-order valence-corrected chi connectivity index (χ0v) is 10.5. The van der Waals surface area contributed by atoms with Crippen LogP contribution in [0.4, 0.5) is 18.9 Å². The first-order chi connectivity index (χ1) is 6.79. The molecule has 0 aliphatic rings. The molecular weight excluding hydrogens is 291 g/mol. The molecule has 1 nitrogen and oxygen atoms in total. The van der Waals surface area contributed by atoms with Gasteiger partial charge in [0.15, 0.2) is 0 Å². The van der Waals surface area contributed by atoms with E-state index >= 15 is 0 Å². The minimum atomic E-state index is -4.27. The van der Waals surface area contributed by atoms with Gasteiger partial charge in [-0.15, -0.1) is 0 Å². The number of alkyl halides is 3. The van der Waals surface area contributed by atoms with Gasteiger partial charge >= 0.3 is 5.51 Å².